The molecule has 1 aromatic heterocycles. The number of rotatable bonds is 5. The number of carbonyl (C=O) groups excluding carboxylic acids is 1. The van der Waals surface area contributed by atoms with Gasteiger partial charge in [-0.1, -0.05) is 78.3 Å². The number of fused-ring (bicyclic) bond motifs is 1. The van der Waals surface area contributed by atoms with Crippen LogP contribution in [0.3, 0.4) is 0 Å². The van der Waals surface area contributed by atoms with Gasteiger partial charge < -0.3 is 10.6 Å². The van der Waals surface area contributed by atoms with Crippen LogP contribution in [0.4, 0.5) is 24.5 Å². The molecular formula is C30H19ClF3N3OS. The maximum atomic E-state index is 13.8. The van der Waals surface area contributed by atoms with Gasteiger partial charge >= 0.3 is 6.18 Å². The van der Waals surface area contributed by atoms with Gasteiger partial charge in [0.05, 0.1) is 21.8 Å². The van der Waals surface area contributed by atoms with Crippen molar-refractivity contribution in [2.45, 2.75) is 6.18 Å². The van der Waals surface area contributed by atoms with E-state index in [4.69, 9.17) is 23.8 Å². The topological polar surface area (TPSA) is 54.0 Å². The van der Waals surface area contributed by atoms with Gasteiger partial charge in [-0.3, -0.25) is 9.78 Å². The summed E-state index contributed by atoms with van der Waals surface area (Å²) in [5.74, 6) is -0.355. The van der Waals surface area contributed by atoms with Crippen molar-refractivity contribution >= 4 is 57.0 Å². The summed E-state index contributed by atoms with van der Waals surface area (Å²) in [6, 6.07) is 26.4. The molecule has 9 heteroatoms. The molecule has 0 amide bonds. The number of nitrogens with one attached hydrogen (secondary N) is 2. The second kappa shape index (κ2) is 10.8. The maximum absolute atomic E-state index is 13.8. The van der Waals surface area contributed by atoms with Crippen molar-refractivity contribution in [2.24, 2.45) is 0 Å². The van der Waals surface area contributed by atoms with E-state index in [0.717, 1.165) is 6.07 Å². The zero-order valence-electron chi connectivity index (χ0n) is 20.1. The fourth-order valence-corrected chi connectivity index (χ4v) is 4.69. The summed E-state index contributed by atoms with van der Waals surface area (Å²) in [6.07, 6.45) is -3.40. The minimum atomic E-state index is -4.62. The zero-order valence-corrected chi connectivity index (χ0v) is 21.7. The van der Waals surface area contributed by atoms with Crippen LogP contribution in [-0.4, -0.2) is 15.9 Å². The molecule has 0 bridgehead atoms. The van der Waals surface area contributed by atoms with Crippen LogP contribution >= 0.6 is 23.8 Å². The van der Waals surface area contributed by atoms with Crippen LogP contribution in [-0.2, 0) is 6.18 Å². The summed E-state index contributed by atoms with van der Waals surface area (Å²) < 4.78 is 41.5. The lowest BCUT2D eigenvalue weighted by molar-refractivity contribution is -0.136. The Labute approximate surface area is 232 Å². The monoisotopic (exact) mass is 561 g/mol. The normalized spacial score (nSPS) is 11.3. The summed E-state index contributed by atoms with van der Waals surface area (Å²) in [5, 5.41) is 7.06. The van der Waals surface area contributed by atoms with Crippen LogP contribution in [0.5, 0.6) is 0 Å². The molecule has 0 unspecified atom stereocenters. The molecule has 1 heterocycles. The second-order valence-corrected chi connectivity index (χ2v) is 9.40. The van der Waals surface area contributed by atoms with Gasteiger partial charge in [-0.25, -0.2) is 0 Å². The van der Waals surface area contributed by atoms with Gasteiger partial charge in [0, 0.05) is 34.0 Å². The minimum absolute atomic E-state index is 0.182. The summed E-state index contributed by atoms with van der Waals surface area (Å²) >= 11 is 11.6. The van der Waals surface area contributed by atoms with Gasteiger partial charge in [0.25, 0.3) is 0 Å². The van der Waals surface area contributed by atoms with Crippen LogP contribution in [0.1, 0.15) is 21.5 Å². The first kappa shape index (κ1) is 26.3. The van der Waals surface area contributed by atoms with E-state index in [0.29, 0.717) is 33.1 Å². The average Bonchev–Trinajstić information content (AvgIpc) is 2.93. The SMILES string of the molecule is O=C(c1ccccc1)c1cnc2c(C(F)(F)F)cccc2c1-c1cccc(NC(=S)Nc2ccccc2Cl)c1. The summed E-state index contributed by atoms with van der Waals surface area (Å²) in [5.41, 5.74) is 1.50. The standard InChI is InChI=1S/C30H19ClF3N3OS/c31-24-14-4-5-15-25(24)37-29(39)36-20-11-6-10-19(16-20)26-21-12-7-13-23(30(32,33)34)27(21)35-17-22(26)28(38)18-8-2-1-3-9-18/h1-17H,(H2,36,37,39). The number of nitrogens with zero attached hydrogens (tertiary/aromatic N) is 1. The molecule has 0 atom stereocenters. The number of carbonyl (C=O) groups is 1. The number of hydrogen-bond acceptors (Lipinski definition) is 3. The van der Waals surface area contributed by atoms with Gasteiger partial charge in [-0.05, 0) is 48.1 Å². The molecular weight excluding hydrogens is 543 g/mol. The van der Waals surface area contributed by atoms with Gasteiger partial charge in [0.1, 0.15) is 0 Å². The lowest BCUT2D eigenvalue weighted by Gasteiger charge is -2.17. The summed E-state index contributed by atoms with van der Waals surface area (Å²) in [7, 11) is 0. The zero-order chi connectivity index (χ0) is 27.6. The van der Waals surface area contributed by atoms with E-state index in [2.05, 4.69) is 15.6 Å². The molecule has 2 N–H and O–H groups in total. The van der Waals surface area contributed by atoms with Crippen LogP contribution in [0.2, 0.25) is 5.02 Å². The van der Waals surface area contributed by atoms with Crippen LogP contribution in [0, 0.1) is 0 Å². The van der Waals surface area contributed by atoms with Gasteiger partial charge in [0.15, 0.2) is 10.9 Å². The Morgan fingerprint density at radius 3 is 2.31 bits per heavy atom. The van der Waals surface area contributed by atoms with Crippen molar-refractivity contribution in [1.82, 2.24) is 4.98 Å². The number of alkyl halides is 3. The predicted octanol–water partition coefficient (Wildman–Crippen LogP) is 8.61. The average molecular weight is 562 g/mol. The number of para-hydroxylation sites is 2. The lowest BCUT2D eigenvalue weighted by Crippen LogP contribution is -2.19. The molecule has 0 saturated carbocycles. The van der Waals surface area contributed by atoms with E-state index in [9.17, 15) is 18.0 Å². The number of thiocarbonyl (C=S) groups is 1. The number of aromatic nitrogens is 1. The molecule has 194 valence electrons. The Hall–Kier alpha value is -4.27. The summed E-state index contributed by atoms with van der Waals surface area (Å²) in [6.45, 7) is 0. The van der Waals surface area contributed by atoms with Crippen molar-refractivity contribution in [3.63, 3.8) is 0 Å². The molecule has 5 rings (SSSR count). The first-order valence-electron chi connectivity index (χ1n) is 11.7. The molecule has 0 saturated heterocycles. The molecule has 0 aliphatic heterocycles. The molecule has 0 fully saturated rings. The van der Waals surface area contributed by atoms with E-state index in [1.54, 1.807) is 78.9 Å². The molecule has 39 heavy (non-hydrogen) atoms. The number of benzene rings is 4. The second-order valence-electron chi connectivity index (χ2n) is 8.58. The Balaban J connectivity index is 1.62. The van der Waals surface area contributed by atoms with Crippen molar-refractivity contribution in [3.8, 4) is 11.1 Å². The molecule has 4 nitrogen and oxygen atoms in total. The highest BCUT2D eigenvalue weighted by Gasteiger charge is 2.34. The Bertz CT molecular complexity index is 1710. The highest BCUT2D eigenvalue weighted by molar-refractivity contribution is 7.80. The highest BCUT2D eigenvalue weighted by atomic mass is 35.5. The fraction of sp³-hybridized carbons (Fsp3) is 0.0333. The van der Waals surface area contributed by atoms with Gasteiger partial charge in [-0.15, -0.1) is 0 Å². The molecule has 5 aromatic rings. The van der Waals surface area contributed by atoms with E-state index in [1.807, 2.05) is 6.07 Å². The van der Waals surface area contributed by atoms with E-state index < -0.39 is 11.7 Å². The predicted molar refractivity (Wildman–Crippen MR) is 153 cm³/mol. The third kappa shape index (κ3) is 5.62. The first-order valence-corrected chi connectivity index (χ1v) is 12.5. The number of ketones is 1. The molecule has 4 aromatic carbocycles. The molecule has 0 spiro atoms. The third-order valence-electron chi connectivity index (χ3n) is 6.01. The number of anilines is 2. The smallest absolute Gasteiger partial charge is 0.332 e. The third-order valence-corrected chi connectivity index (χ3v) is 6.55. The number of hydrogen-bond donors (Lipinski definition) is 2. The quantitative estimate of drug-likeness (QED) is 0.166. The maximum Gasteiger partial charge on any atom is 0.418 e. The Morgan fingerprint density at radius 1 is 0.846 bits per heavy atom. The summed E-state index contributed by atoms with van der Waals surface area (Å²) in [4.78, 5) is 17.6. The van der Waals surface area contributed by atoms with E-state index >= 15 is 0 Å². The van der Waals surface area contributed by atoms with E-state index in [1.165, 1.54) is 12.3 Å². The Kier molecular flexibility index (Phi) is 7.32. The van der Waals surface area contributed by atoms with E-state index in [-0.39, 0.29) is 27.4 Å². The first-order chi connectivity index (χ1) is 18.7. The number of pyridine rings is 1. The van der Waals surface area contributed by atoms with Crippen LogP contribution in [0.15, 0.2) is 103 Å². The molecule has 0 aliphatic carbocycles. The number of halogens is 4. The van der Waals surface area contributed by atoms with Crippen molar-refractivity contribution in [1.29, 1.82) is 0 Å². The van der Waals surface area contributed by atoms with Crippen LogP contribution in [0.25, 0.3) is 22.0 Å². The van der Waals surface area contributed by atoms with Crippen molar-refractivity contribution in [3.05, 3.63) is 125 Å². The highest BCUT2D eigenvalue weighted by Crippen LogP contribution is 2.39. The van der Waals surface area contributed by atoms with Crippen molar-refractivity contribution < 1.29 is 18.0 Å². The van der Waals surface area contributed by atoms with Crippen molar-refractivity contribution in [2.75, 3.05) is 10.6 Å². The molecule has 0 aliphatic rings. The lowest BCUT2D eigenvalue weighted by atomic mass is 9.91. The van der Waals surface area contributed by atoms with Gasteiger partial charge in [0.2, 0.25) is 0 Å². The fourth-order valence-electron chi connectivity index (χ4n) is 4.28. The van der Waals surface area contributed by atoms with Crippen LogP contribution < -0.4 is 10.6 Å². The van der Waals surface area contributed by atoms with Gasteiger partial charge in [-0.2, -0.15) is 13.2 Å². The largest absolute Gasteiger partial charge is 0.418 e. The molecule has 0 radical (unpaired) electrons. The Morgan fingerprint density at radius 2 is 1.56 bits per heavy atom. The minimum Gasteiger partial charge on any atom is -0.332 e.